The summed E-state index contributed by atoms with van der Waals surface area (Å²) in [5, 5.41) is 7.07. The lowest BCUT2D eigenvalue weighted by atomic mass is 9.96. The van der Waals surface area contributed by atoms with E-state index in [1.54, 1.807) is 6.26 Å². The Morgan fingerprint density at radius 1 is 1.23 bits per heavy atom. The number of aliphatic imine (C=N–C) groups is 1. The molecule has 0 bridgehead atoms. The molecule has 2 N–H and O–H groups in total. The molecule has 2 unspecified atom stereocenters. The van der Waals surface area contributed by atoms with Crippen molar-refractivity contribution in [3.63, 3.8) is 0 Å². The van der Waals surface area contributed by atoms with Gasteiger partial charge in [-0.25, -0.2) is 0 Å². The second kappa shape index (κ2) is 12.7. The van der Waals surface area contributed by atoms with E-state index in [1.807, 2.05) is 6.07 Å². The number of guanidine groups is 1. The molecule has 3 fully saturated rings. The van der Waals surface area contributed by atoms with E-state index in [2.05, 4.69) is 45.2 Å². The zero-order valence-electron chi connectivity index (χ0n) is 18.7. The van der Waals surface area contributed by atoms with Crippen molar-refractivity contribution >= 4 is 41.7 Å². The fourth-order valence-corrected chi connectivity index (χ4v) is 6.28. The standard InChI is InChI=1S/C22H37N5O2S.HI/c1-2-23-21(24-16-19(20-6-5-12-29-20)26-8-3-4-9-26)25-17-22(7-15-30-18-22)27-10-13-28-14-11-27;/h5-6,12,19H,2-4,7-11,13-18H2,1H3,(H2,23,24,25);1H. The summed E-state index contributed by atoms with van der Waals surface area (Å²) in [6.07, 6.45) is 5.53. The Kier molecular flexibility index (Phi) is 10.3. The topological polar surface area (TPSA) is 65.3 Å². The molecule has 0 aromatic carbocycles. The number of furan rings is 1. The van der Waals surface area contributed by atoms with Gasteiger partial charge in [-0.15, -0.1) is 24.0 Å². The fraction of sp³-hybridized carbons (Fsp3) is 0.773. The molecular weight excluding hydrogens is 525 g/mol. The van der Waals surface area contributed by atoms with Crippen LogP contribution < -0.4 is 10.6 Å². The Morgan fingerprint density at radius 3 is 2.68 bits per heavy atom. The van der Waals surface area contributed by atoms with Crippen LogP contribution in [0, 0.1) is 0 Å². The molecule has 3 saturated heterocycles. The van der Waals surface area contributed by atoms with Crippen LogP contribution in [0.3, 0.4) is 0 Å². The predicted octanol–water partition coefficient (Wildman–Crippen LogP) is 2.80. The van der Waals surface area contributed by atoms with Gasteiger partial charge < -0.3 is 19.8 Å². The minimum Gasteiger partial charge on any atom is -0.468 e. The number of ether oxygens (including phenoxy) is 1. The molecule has 2 atom stereocenters. The lowest BCUT2D eigenvalue weighted by Gasteiger charge is -2.42. The van der Waals surface area contributed by atoms with Gasteiger partial charge in [-0.2, -0.15) is 11.8 Å². The van der Waals surface area contributed by atoms with Crippen LogP contribution in [0.5, 0.6) is 0 Å². The summed E-state index contributed by atoms with van der Waals surface area (Å²) in [6, 6.07) is 4.33. The Balaban J connectivity index is 0.00000272. The monoisotopic (exact) mass is 563 g/mol. The Hall–Kier alpha value is -0.490. The van der Waals surface area contributed by atoms with Crippen molar-refractivity contribution in [1.29, 1.82) is 0 Å². The van der Waals surface area contributed by atoms with Crippen molar-refractivity contribution in [2.45, 2.75) is 37.8 Å². The molecule has 1 aromatic heterocycles. The van der Waals surface area contributed by atoms with Crippen LogP contribution in [0.25, 0.3) is 0 Å². The lowest BCUT2D eigenvalue weighted by molar-refractivity contribution is -0.0104. The van der Waals surface area contributed by atoms with E-state index in [4.69, 9.17) is 14.1 Å². The van der Waals surface area contributed by atoms with Gasteiger partial charge in [-0.3, -0.25) is 14.8 Å². The van der Waals surface area contributed by atoms with Crippen molar-refractivity contribution in [1.82, 2.24) is 20.4 Å². The maximum atomic E-state index is 5.77. The number of morpholine rings is 1. The van der Waals surface area contributed by atoms with Crippen molar-refractivity contribution in [2.75, 3.05) is 70.5 Å². The molecule has 0 saturated carbocycles. The highest BCUT2D eigenvalue weighted by Crippen LogP contribution is 2.34. The molecule has 3 aliphatic heterocycles. The molecule has 0 radical (unpaired) electrons. The largest absolute Gasteiger partial charge is 0.468 e. The minimum absolute atomic E-state index is 0. The van der Waals surface area contributed by atoms with Crippen LogP contribution in [0.4, 0.5) is 0 Å². The van der Waals surface area contributed by atoms with Crippen molar-refractivity contribution in [3.05, 3.63) is 24.2 Å². The smallest absolute Gasteiger partial charge is 0.191 e. The fourth-order valence-electron chi connectivity index (χ4n) is 4.81. The van der Waals surface area contributed by atoms with Crippen molar-refractivity contribution in [2.24, 2.45) is 4.99 Å². The number of nitrogens with zero attached hydrogens (tertiary/aromatic N) is 3. The minimum atomic E-state index is 0. The molecule has 31 heavy (non-hydrogen) atoms. The lowest BCUT2D eigenvalue weighted by Crippen LogP contribution is -2.56. The molecular formula is C22H38IN5O2S. The van der Waals surface area contributed by atoms with Gasteiger partial charge in [0.15, 0.2) is 5.96 Å². The van der Waals surface area contributed by atoms with Crippen LogP contribution in [0.2, 0.25) is 0 Å². The van der Waals surface area contributed by atoms with Crippen LogP contribution in [-0.2, 0) is 4.74 Å². The first-order valence-corrected chi connectivity index (χ1v) is 12.7. The molecule has 176 valence electrons. The molecule has 0 amide bonds. The van der Waals surface area contributed by atoms with Gasteiger partial charge in [0.05, 0.1) is 37.6 Å². The molecule has 4 heterocycles. The van der Waals surface area contributed by atoms with Gasteiger partial charge in [-0.1, -0.05) is 0 Å². The Morgan fingerprint density at radius 2 is 2.03 bits per heavy atom. The molecule has 1 aromatic rings. The van der Waals surface area contributed by atoms with Gasteiger partial charge in [0, 0.05) is 31.9 Å². The van der Waals surface area contributed by atoms with Crippen LogP contribution >= 0.6 is 35.7 Å². The second-order valence-corrected chi connectivity index (χ2v) is 9.58. The SMILES string of the molecule is CCNC(=NCC1(N2CCOCC2)CCSC1)NCC(c1ccco1)N1CCCC1.I. The number of hydrogen-bond acceptors (Lipinski definition) is 6. The molecule has 3 aliphatic rings. The quantitative estimate of drug-likeness (QED) is 0.287. The molecule has 0 aliphatic carbocycles. The van der Waals surface area contributed by atoms with Gasteiger partial charge >= 0.3 is 0 Å². The number of halogens is 1. The van der Waals surface area contributed by atoms with E-state index in [0.29, 0.717) is 0 Å². The average molecular weight is 564 g/mol. The van der Waals surface area contributed by atoms with E-state index in [0.717, 1.165) is 70.7 Å². The number of hydrogen-bond donors (Lipinski definition) is 2. The molecule has 9 heteroatoms. The molecule has 7 nitrogen and oxygen atoms in total. The normalized spacial score (nSPS) is 26.5. The van der Waals surface area contributed by atoms with Crippen LogP contribution in [-0.4, -0.2) is 91.8 Å². The van der Waals surface area contributed by atoms with Crippen LogP contribution in [0.1, 0.15) is 38.0 Å². The maximum absolute atomic E-state index is 5.77. The first kappa shape index (κ1) is 25.1. The Bertz CT molecular complexity index is 657. The number of rotatable bonds is 8. The van der Waals surface area contributed by atoms with E-state index in [1.165, 1.54) is 30.8 Å². The first-order valence-electron chi connectivity index (χ1n) is 11.5. The summed E-state index contributed by atoms with van der Waals surface area (Å²) >= 11 is 2.06. The highest BCUT2D eigenvalue weighted by Gasteiger charge is 2.40. The number of nitrogens with one attached hydrogen (secondary N) is 2. The first-order chi connectivity index (χ1) is 14.8. The predicted molar refractivity (Wildman–Crippen MR) is 139 cm³/mol. The second-order valence-electron chi connectivity index (χ2n) is 8.48. The summed E-state index contributed by atoms with van der Waals surface area (Å²) in [4.78, 5) is 10.2. The summed E-state index contributed by atoms with van der Waals surface area (Å²) in [7, 11) is 0. The number of thioether (sulfide) groups is 1. The maximum Gasteiger partial charge on any atom is 0.191 e. The zero-order valence-corrected chi connectivity index (χ0v) is 21.8. The van der Waals surface area contributed by atoms with E-state index < -0.39 is 0 Å². The summed E-state index contributed by atoms with van der Waals surface area (Å²) in [5.41, 5.74) is 0.173. The third kappa shape index (κ3) is 6.52. The third-order valence-corrected chi connectivity index (χ3v) is 7.79. The third-order valence-electron chi connectivity index (χ3n) is 6.56. The van der Waals surface area contributed by atoms with Crippen molar-refractivity contribution in [3.8, 4) is 0 Å². The molecule has 4 rings (SSSR count). The van der Waals surface area contributed by atoms with Gasteiger partial charge in [0.25, 0.3) is 0 Å². The van der Waals surface area contributed by atoms with Gasteiger partial charge in [-0.05, 0) is 57.2 Å². The highest BCUT2D eigenvalue weighted by molar-refractivity contribution is 14.0. The van der Waals surface area contributed by atoms with E-state index >= 15 is 0 Å². The molecule has 0 spiro atoms. The summed E-state index contributed by atoms with van der Waals surface area (Å²) < 4.78 is 11.4. The zero-order chi connectivity index (χ0) is 20.7. The number of likely N-dealkylation sites (tertiary alicyclic amines) is 1. The van der Waals surface area contributed by atoms with E-state index in [9.17, 15) is 0 Å². The Labute approximate surface area is 208 Å². The van der Waals surface area contributed by atoms with Gasteiger partial charge in [0.1, 0.15) is 5.76 Å². The highest BCUT2D eigenvalue weighted by atomic mass is 127. The summed E-state index contributed by atoms with van der Waals surface area (Å²) in [6.45, 7) is 10.6. The van der Waals surface area contributed by atoms with Crippen molar-refractivity contribution < 1.29 is 9.15 Å². The summed E-state index contributed by atoms with van der Waals surface area (Å²) in [5.74, 6) is 4.35. The van der Waals surface area contributed by atoms with Crippen LogP contribution in [0.15, 0.2) is 27.8 Å². The average Bonchev–Trinajstić information content (AvgIpc) is 3.56. The van der Waals surface area contributed by atoms with E-state index in [-0.39, 0.29) is 35.6 Å². The van der Waals surface area contributed by atoms with Gasteiger partial charge in [0.2, 0.25) is 0 Å².